The minimum absolute atomic E-state index is 0.104. The van der Waals surface area contributed by atoms with Crippen molar-refractivity contribution in [2.45, 2.75) is 46.6 Å². The zero-order valence-electron chi connectivity index (χ0n) is 11.8. The first-order chi connectivity index (χ1) is 8.13. The summed E-state index contributed by atoms with van der Waals surface area (Å²) in [6.07, 6.45) is 2.52. The Morgan fingerprint density at radius 1 is 1.33 bits per heavy atom. The van der Waals surface area contributed by atoms with E-state index in [9.17, 15) is 0 Å². The number of hydrogen-bond donors (Lipinski definition) is 2. The second-order valence-electron chi connectivity index (χ2n) is 6.52. The minimum Gasteiger partial charge on any atom is -0.396 e. The van der Waals surface area contributed by atoms with E-state index in [1.54, 1.807) is 6.07 Å². The van der Waals surface area contributed by atoms with Gasteiger partial charge < -0.3 is 11.1 Å². The number of nitriles is 1. The van der Waals surface area contributed by atoms with Crippen molar-refractivity contribution < 1.29 is 0 Å². The van der Waals surface area contributed by atoms with Crippen LogP contribution in [0.1, 0.15) is 46.6 Å². The molecule has 0 bridgehead atoms. The lowest BCUT2D eigenvalue weighted by atomic mass is 9.82. The molecule has 4 heteroatoms. The average Bonchev–Trinajstić information content (AvgIpc) is 2.17. The summed E-state index contributed by atoms with van der Waals surface area (Å²) < 4.78 is 0. The second kappa shape index (κ2) is 4.85. The largest absolute Gasteiger partial charge is 0.396 e. The van der Waals surface area contributed by atoms with Gasteiger partial charge in [-0.15, -0.1) is 0 Å². The Balaban J connectivity index is 2.88. The van der Waals surface area contributed by atoms with Crippen LogP contribution in [0.25, 0.3) is 0 Å². The van der Waals surface area contributed by atoms with E-state index in [4.69, 9.17) is 11.0 Å². The van der Waals surface area contributed by atoms with Crippen LogP contribution >= 0.6 is 0 Å². The maximum Gasteiger partial charge on any atom is 0.149 e. The highest BCUT2D eigenvalue weighted by Gasteiger charge is 2.26. The van der Waals surface area contributed by atoms with Crippen LogP contribution in [-0.4, -0.2) is 10.5 Å². The highest BCUT2D eigenvalue weighted by atomic mass is 15.1. The van der Waals surface area contributed by atoms with Crippen molar-refractivity contribution in [2.75, 3.05) is 11.1 Å². The number of nitrogens with one attached hydrogen (secondary N) is 1. The molecule has 1 heterocycles. The first kappa shape index (κ1) is 14.3. The predicted molar refractivity (Wildman–Crippen MR) is 75.1 cm³/mol. The fraction of sp³-hybridized carbons (Fsp3) is 0.571. The van der Waals surface area contributed by atoms with Crippen molar-refractivity contribution in [1.82, 2.24) is 4.98 Å². The molecule has 0 aliphatic heterocycles. The number of pyridine rings is 1. The van der Waals surface area contributed by atoms with Crippen LogP contribution < -0.4 is 11.1 Å². The molecule has 4 nitrogen and oxygen atoms in total. The van der Waals surface area contributed by atoms with Gasteiger partial charge in [0.2, 0.25) is 0 Å². The van der Waals surface area contributed by atoms with Gasteiger partial charge in [-0.25, -0.2) is 4.98 Å². The van der Waals surface area contributed by atoms with E-state index in [1.165, 1.54) is 6.20 Å². The number of nitrogens with two attached hydrogens (primary N) is 1. The first-order valence-electron chi connectivity index (χ1n) is 6.07. The lowest BCUT2D eigenvalue weighted by Crippen LogP contribution is -2.36. The van der Waals surface area contributed by atoms with Gasteiger partial charge in [0.05, 0.1) is 11.3 Å². The number of anilines is 2. The third-order valence-corrected chi connectivity index (χ3v) is 2.48. The fourth-order valence-electron chi connectivity index (χ4n) is 2.34. The molecule has 0 spiro atoms. The molecule has 0 atom stereocenters. The molecule has 0 aliphatic carbocycles. The SMILES string of the molecule is CC(C)(C)CC(C)(C)Nc1ncc(C#N)cc1N. The molecular formula is C14H22N4. The van der Waals surface area contributed by atoms with Crippen molar-refractivity contribution in [3.8, 4) is 6.07 Å². The summed E-state index contributed by atoms with van der Waals surface area (Å²) in [5, 5.41) is 12.1. The molecule has 0 amide bonds. The van der Waals surface area contributed by atoms with Crippen molar-refractivity contribution in [2.24, 2.45) is 5.41 Å². The molecular weight excluding hydrogens is 224 g/mol. The molecule has 1 rings (SSSR count). The van der Waals surface area contributed by atoms with Gasteiger partial charge in [-0.05, 0) is 31.7 Å². The maximum absolute atomic E-state index is 8.77. The predicted octanol–water partition coefficient (Wildman–Crippen LogP) is 3.16. The van der Waals surface area contributed by atoms with Crippen LogP contribution in [-0.2, 0) is 0 Å². The summed E-state index contributed by atoms with van der Waals surface area (Å²) in [6, 6.07) is 3.67. The van der Waals surface area contributed by atoms with Crippen LogP contribution in [0, 0.1) is 16.7 Å². The highest BCUT2D eigenvalue weighted by molar-refractivity contribution is 5.63. The third kappa shape index (κ3) is 4.25. The summed E-state index contributed by atoms with van der Waals surface area (Å²) in [5.41, 5.74) is 7.00. The number of hydrogen-bond acceptors (Lipinski definition) is 4. The van der Waals surface area contributed by atoms with Crippen LogP contribution in [0.5, 0.6) is 0 Å². The monoisotopic (exact) mass is 246 g/mol. The molecule has 1 aromatic heterocycles. The standard InChI is InChI=1S/C14H22N4/c1-13(2,3)9-14(4,5)18-12-11(16)6-10(7-15)8-17-12/h6,8H,9,16H2,1-5H3,(H,17,18). The smallest absolute Gasteiger partial charge is 0.149 e. The zero-order chi connectivity index (χ0) is 14.0. The van der Waals surface area contributed by atoms with E-state index in [-0.39, 0.29) is 11.0 Å². The molecule has 3 N–H and O–H groups in total. The normalized spacial score (nSPS) is 12.0. The van der Waals surface area contributed by atoms with Crippen LogP contribution in [0.4, 0.5) is 11.5 Å². The van der Waals surface area contributed by atoms with Crippen molar-refractivity contribution in [1.29, 1.82) is 5.26 Å². The Hall–Kier alpha value is -1.76. The summed E-state index contributed by atoms with van der Waals surface area (Å²) in [4.78, 5) is 4.21. The molecule has 0 saturated heterocycles. The topological polar surface area (TPSA) is 74.7 Å². The molecule has 0 fully saturated rings. The summed E-state index contributed by atoms with van der Waals surface area (Å²) in [6.45, 7) is 10.8. The van der Waals surface area contributed by atoms with Gasteiger partial charge >= 0.3 is 0 Å². The molecule has 0 unspecified atom stereocenters. The summed E-state index contributed by atoms with van der Waals surface area (Å²) >= 11 is 0. The number of nitrogen functional groups attached to an aromatic ring is 1. The van der Waals surface area contributed by atoms with Gasteiger partial charge in [0.15, 0.2) is 0 Å². The van der Waals surface area contributed by atoms with Gasteiger partial charge in [-0.2, -0.15) is 5.26 Å². The van der Waals surface area contributed by atoms with Crippen molar-refractivity contribution in [3.05, 3.63) is 17.8 Å². The van der Waals surface area contributed by atoms with E-state index in [1.807, 2.05) is 6.07 Å². The second-order valence-corrected chi connectivity index (χ2v) is 6.52. The minimum atomic E-state index is -0.104. The molecule has 0 saturated carbocycles. The van der Waals surface area contributed by atoms with E-state index >= 15 is 0 Å². The molecule has 0 aromatic carbocycles. The maximum atomic E-state index is 8.77. The van der Waals surface area contributed by atoms with E-state index < -0.39 is 0 Å². The van der Waals surface area contributed by atoms with Gasteiger partial charge in [0.1, 0.15) is 11.9 Å². The van der Waals surface area contributed by atoms with Crippen LogP contribution in [0.15, 0.2) is 12.3 Å². The van der Waals surface area contributed by atoms with Crippen molar-refractivity contribution in [3.63, 3.8) is 0 Å². The van der Waals surface area contributed by atoms with Gasteiger partial charge in [0.25, 0.3) is 0 Å². The average molecular weight is 246 g/mol. The van der Waals surface area contributed by atoms with E-state index in [0.717, 1.165) is 6.42 Å². The Morgan fingerprint density at radius 3 is 2.39 bits per heavy atom. The summed E-state index contributed by atoms with van der Waals surface area (Å²) in [5.74, 6) is 0.642. The quantitative estimate of drug-likeness (QED) is 0.859. The Bertz CT molecular complexity index is 464. The lowest BCUT2D eigenvalue weighted by molar-refractivity contribution is 0.302. The van der Waals surface area contributed by atoms with Crippen LogP contribution in [0.2, 0.25) is 0 Å². The third-order valence-electron chi connectivity index (χ3n) is 2.48. The Kier molecular flexibility index (Phi) is 3.85. The molecule has 0 aliphatic rings. The molecule has 1 aromatic rings. The first-order valence-corrected chi connectivity index (χ1v) is 6.07. The molecule has 18 heavy (non-hydrogen) atoms. The Labute approximate surface area is 109 Å². The van der Waals surface area contributed by atoms with E-state index in [0.29, 0.717) is 17.1 Å². The molecule has 0 radical (unpaired) electrons. The van der Waals surface area contributed by atoms with Crippen LogP contribution in [0.3, 0.4) is 0 Å². The highest BCUT2D eigenvalue weighted by Crippen LogP contribution is 2.30. The summed E-state index contributed by atoms with van der Waals surface area (Å²) in [7, 11) is 0. The van der Waals surface area contributed by atoms with Crippen molar-refractivity contribution >= 4 is 11.5 Å². The Morgan fingerprint density at radius 2 is 1.94 bits per heavy atom. The number of aromatic nitrogens is 1. The van der Waals surface area contributed by atoms with Gasteiger partial charge in [0, 0.05) is 11.7 Å². The fourth-order valence-corrected chi connectivity index (χ4v) is 2.34. The molecule has 98 valence electrons. The van der Waals surface area contributed by atoms with E-state index in [2.05, 4.69) is 44.9 Å². The van der Waals surface area contributed by atoms with Gasteiger partial charge in [-0.3, -0.25) is 0 Å². The zero-order valence-corrected chi connectivity index (χ0v) is 11.8. The number of rotatable bonds is 3. The lowest BCUT2D eigenvalue weighted by Gasteiger charge is -2.34. The number of nitrogens with zero attached hydrogens (tertiary/aromatic N) is 2. The van der Waals surface area contributed by atoms with Gasteiger partial charge in [-0.1, -0.05) is 20.8 Å².